The maximum atomic E-state index is 11.9. The fourth-order valence-electron chi connectivity index (χ4n) is 2.01. The molecule has 0 fully saturated rings. The van der Waals surface area contributed by atoms with Crippen LogP contribution in [0.4, 0.5) is 0 Å². The number of rotatable bonds is 0. The normalized spacial score (nSPS) is 14.2. The molecule has 0 saturated carbocycles. The van der Waals surface area contributed by atoms with Gasteiger partial charge in [-0.1, -0.05) is 28.1 Å². The van der Waals surface area contributed by atoms with E-state index in [2.05, 4.69) is 20.9 Å². The van der Waals surface area contributed by atoms with E-state index in [4.69, 9.17) is 0 Å². The molecule has 3 rings (SSSR count). The third-order valence-corrected chi connectivity index (χ3v) is 3.23. The number of aromatic nitrogens is 1. The number of carbonyl (C=O) groups excluding carboxylic acids is 1. The fraction of sp³-hybridized carbons (Fsp3) is 0.0769. The van der Waals surface area contributed by atoms with Crippen molar-refractivity contribution in [1.29, 1.82) is 0 Å². The van der Waals surface area contributed by atoms with Gasteiger partial charge in [-0.15, -0.1) is 0 Å². The van der Waals surface area contributed by atoms with Crippen molar-refractivity contribution in [3.63, 3.8) is 0 Å². The van der Waals surface area contributed by atoms with Gasteiger partial charge in [0.1, 0.15) is 0 Å². The minimum absolute atomic E-state index is 0.151. The highest BCUT2D eigenvalue weighted by atomic mass is 79.9. The largest absolute Gasteiger partial charge is 0.294 e. The number of Topliss-reactive ketones (excluding diaryl/α,β-unsaturated/α-hetero) is 1. The molecule has 1 aromatic heterocycles. The summed E-state index contributed by atoms with van der Waals surface area (Å²) in [7, 11) is 0. The van der Waals surface area contributed by atoms with E-state index >= 15 is 0 Å². The first-order valence-corrected chi connectivity index (χ1v) is 5.83. The standard InChI is InChI=1S/C13H8BrNO/c14-9-4-5-10-8(6-9)7-15-11-2-1-3-12(16)13(10)11/h1-2,4-7H,3H2. The highest BCUT2D eigenvalue weighted by Crippen LogP contribution is 2.27. The van der Waals surface area contributed by atoms with Crippen molar-refractivity contribution >= 4 is 38.6 Å². The van der Waals surface area contributed by atoms with Crippen molar-refractivity contribution in [2.45, 2.75) is 6.42 Å². The van der Waals surface area contributed by atoms with Crippen molar-refractivity contribution < 1.29 is 4.79 Å². The van der Waals surface area contributed by atoms with E-state index in [1.807, 2.05) is 36.5 Å². The van der Waals surface area contributed by atoms with E-state index in [9.17, 15) is 4.79 Å². The van der Waals surface area contributed by atoms with Crippen LogP contribution in [0.15, 0.2) is 34.9 Å². The molecule has 0 bridgehead atoms. The van der Waals surface area contributed by atoms with E-state index in [0.29, 0.717) is 6.42 Å². The molecule has 1 heterocycles. The average Bonchev–Trinajstić information content (AvgIpc) is 2.29. The number of ketones is 1. The summed E-state index contributed by atoms with van der Waals surface area (Å²) in [6.07, 6.45) is 6.06. The molecule has 78 valence electrons. The first-order valence-electron chi connectivity index (χ1n) is 5.04. The molecular formula is C13H8BrNO. The molecule has 1 aliphatic carbocycles. The minimum Gasteiger partial charge on any atom is -0.294 e. The Labute approximate surface area is 101 Å². The van der Waals surface area contributed by atoms with E-state index in [1.165, 1.54) is 0 Å². The number of benzene rings is 1. The summed E-state index contributed by atoms with van der Waals surface area (Å²) in [5.41, 5.74) is 1.54. The molecule has 1 aromatic carbocycles. The molecule has 0 aliphatic heterocycles. The number of hydrogen-bond acceptors (Lipinski definition) is 2. The summed E-state index contributed by atoms with van der Waals surface area (Å²) < 4.78 is 1.00. The van der Waals surface area contributed by atoms with Crippen LogP contribution in [-0.2, 0) is 0 Å². The maximum Gasteiger partial charge on any atom is 0.169 e. The first kappa shape index (κ1) is 9.73. The lowest BCUT2D eigenvalue weighted by atomic mass is 9.95. The van der Waals surface area contributed by atoms with Crippen molar-refractivity contribution in [2.75, 3.05) is 0 Å². The van der Waals surface area contributed by atoms with Gasteiger partial charge in [-0.25, -0.2) is 0 Å². The van der Waals surface area contributed by atoms with Crippen LogP contribution in [-0.4, -0.2) is 10.8 Å². The third kappa shape index (κ3) is 1.39. The topological polar surface area (TPSA) is 30.0 Å². The summed E-state index contributed by atoms with van der Waals surface area (Å²) in [4.78, 5) is 16.2. The number of carbonyl (C=O) groups is 1. The molecule has 0 saturated heterocycles. The van der Waals surface area contributed by atoms with Crippen LogP contribution < -0.4 is 0 Å². The van der Waals surface area contributed by atoms with Crippen LogP contribution >= 0.6 is 15.9 Å². The Hall–Kier alpha value is -1.48. The number of hydrogen-bond donors (Lipinski definition) is 0. The van der Waals surface area contributed by atoms with Gasteiger partial charge in [0.2, 0.25) is 0 Å². The Balaban J connectivity index is 2.43. The summed E-state index contributed by atoms with van der Waals surface area (Å²) >= 11 is 3.42. The minimum atomic E-state index is 0.151. The lowest BCUT2D eigenvalue weighted by Crippen LogP contribution is -2.06. The zero-order valence-electron chi connectivity index (χ0n) is 8.40. The molecule has 0 N–H and O–H groups in total. The summed E-state index contributed by atoms with van der Waals surface area (Å²) in [6.45, 7) is 0. The molecule has 0 amide bonds. The van der Waals surface area contributed by atoms with E-state index in [0.717, 1.165) is 26.5 Å². The Kier molecular flexibility index (Phi) is 2.14. The van der Waals surface area contributed by atoms with Gasteiger partial charge in [0.15, 0.2) is 5.78 Å². The van der Waals surface area contributed by atoms with E-state index in [1.54, 1.807) is 0 Å². The van der Waals surface area contributed by atoms with Gasteiger partial charge in [0.05, 0.1) is 11.3 Å². The van der Waals surface area contributed by atoms with Crippen molar-refractivity contribution in [3.05, 3.63) is 46.2 Å². The molecule has 0 unspecified atom stereocenters. The van der Waals surface area contributed by atoms with Crippen LogP contribution in [0.5, 0.6) is 0 Å². The second-order valence-electron chi connectivity index (χ2n) is 3.78. The Morgan fingerprint density at radius 3 is 3.06 bits per heavy atom. The zero-order valence-corrected chi connectivity index (χ0v) is 9.99. The molecule has 2 aromatic rings. The number of allylic oxidation sites excluding steroid dienone is 1. The molecule has 0 radical (unpaired) electrons. The van der Waals surface area contributed by atoms with Gasteiger partial charge in [-0.3, -0.25) is 9.78 Å². The number of fused-ring (bicyclic) bond motifs is 3. The predicted octanol–water partition coefficient (Wildman–Crippen LogP) is 3.60. The summed E-state index contributed by atoms with van der Waals surface area (Å²) in [6, 6.07) is 5.90. The highest BCUT2D eigenvalue weighted by molar-refractivity contribution is 9.10. The monoisotopic (exact) mass is 273 g/mol. The molecule has 0 spiro atoms. The van der Waals surface area contributed by atoms with Gasteiger partial charge in [0, 0.05) is 22.5 Å². The Morgan fingerprint density at radius 1 is 1.31 bits per heavy atom. The van der Waals surface area contributed by atoms with Crippen LogP contribution in [0, 0.1) is 0 Å². The first-order chi connectivity index (χ1) is 7.75. The molecule has 16 heavy (non-hydrogen) atoms. The van der Waals surface area contributed by atoms with Crippen LogP contribution in [0.2, 0.25) is 0 Å². The van der Waals surface area contributed by atoms with Crippen LogP contribution in [0.25, 0.3) is 16.8 Å². The van der Waals surface area contributed by atoms with Crippen molar-refractivity contribution in [3.8, 4) is 0 Å². The lowest BCUT2D eigenvalue weighted by molar-refractivity contribution is 0.0996. The van der Waals surface area contributed by atoms with Crippen molar-refractivity contribution in [2.24, 2.45) is 0 Å². The second-order valence-corrected chi connectivity index (χ2v) is 4.70. The Bertz CT molecular complexity index is 631. The predicted molar refractivity (Wildman–Crippen MR) is 67.4 cm³/mol. The number of halogens is 1. The van der Waals surface area contributed by atoms with Crippen LogP contribution in [0.1, 0.15) is 22.5 Å². The van der Waals surface area contributed by atoms with Gasteiger partial charge in [0.25, 0.3) is 0 Å². The Morgan fingerprint density at radius 2 is 2.19 bits per heavy atom. The smallest absolute Gasteiger partial charge is 0.169 e. The second kappa shape index (κ2) is 3.52. The lowest BCUT2D eigenvalue weighted by Gasteiger charge is -2.11. The summed E-state index contributed by atoms with van der Waals surface area (Å²) in [5, 5.41) is 1.99. The third-order valence-electron chi connectivity index (χ3n) is 2.74. The van der Waals surface area contributed by atoms with Crippen molar-refractivity contribution in [1.82, 2.24) is 4.98 Å². The molecular weight excluding hydrogens is 266 g/mol. The molecule has 1 aliphatic rings. The quantitative estimate of drug-likeness (QED) is 0.734. The number of nitrogens with zero attached hydrogens (tertiary/aromatic N) is 1. The summed E-state index contributed by atoms with van der Waals surface area (Å²) in [5.74, 6) is 0.151. The van der Waals surface area contributed by atoms with Crippen LogP contribution in [0.3, 0.4) is 0 Å². The molecule has 2 nitrogen and oxygen atoms in total. The van der Waals surface area contributed by atoms with Gasteiger partial charge in [-0.05, 0) is 23.6 Å². The fourth-order valence-corrected chi connectivity index (χ4v) is 2.39. The number of pyridine rings is 1. The molecule has 3 heteroatoms. The van der Waals surface area contributed by atoms with E-state index in [-0.39, 0.29) is 5.78 Å². The zero-order chi connectivity index (χ0) is 11.1. The average molecular weight is 274 g/mol. The van der Waals surface area contributed by atoms with E-state index < -0.39 is 0 Å². The van der Waals surface area contributed by atoms with Gasteiger partial charge >= 0.3 is 0 Å². The van der Waals surface area contributed by atoms with Gasteiger partial charge < -0.3 is 0 Å². The highest BCUT2D eigenvalue weighted by Gasteiger charge is 2.17. The SMILES string of the molecule is O=C1CC=Cc2ncc3cc(Br)ccc3c21. The van der Waals surface area contributed by atoms with Gasteiger partial charge in [-0.2, -0.15) is 0 Å². The maximum absolute atomic E-state index is 11.9. The molecule has 0 atom stereocenters.